The summed E-state index contributed by atoms with van der Waals surface area (Å²) >= 11 is 0. The lowest BCUT2D eigenvalue weighted by Gasteiger charge is -2.34. The molecule has 0 saturated heterocycles. The molecule has 0 aliphatic heterocycles. The van der Waals surface area contributed by atoms with Crippen LogP contribution in [0.4, 0.5) is 5.69 Å². The zero-order valence-electron chi connectivity index (χ0n) is 24.9. The predicted octanol–water partition coefficient (Wildman–Crippen LogP) is 4.66. The highest BCUT2D eigenvalue weighted by Gasteiger charge is 2.34. The van der Waals surface area contributed by atoms with Gasteiger partial charge < -0.3 is 19.7 Å². The van der Waals surface area contributed by atoms with E-state index in [1.165, 1.54) is 31.3 Å². The molecule has 0 saturated carbocycles. The fourth-order valence-corrected chi connectivity index (χ4v) is 5.99. The molecular weight excluding hydrogens is 554 g/mol. The van der Waals surface area contributed by atoms with Gasteiger partial charge in [-0.3, -0.25) is 13.9 Å². The Balaban J connectivity index is 2.05. The third kappa shape index (κ3) is 8.03. The average Bonchev–Trinajstić information content (AvgIpc) is 3.01. The first-order valence-corrected chi connectivity index (χ1v) is 15.5. The number of sulfonamides is 1. The second kappa shape index (κ2) is 15.3. The molecule has 10 heteroatoms. The highest BCUT2D eigenvalue weighted by molar-refractivity contribution is 7.92. The van der Waals surface area contributed by atoms with Crippen LogP contribution in [0.25, 0.3) is 0 Å². The molecule has 2 amide bonds. The Kier molecular flexibility index (Phi) is 11.8. The van der Waals surface area contributed by atoms with E-state index in [0.717, 1.165) is 16.3 Å². The van der Waals surface area contributed by atoms with E-state index in [0.29, 0.717) is 24.3 Å². The summed E-state index contributed by atoms with van der Waals surface area (Å²) in [4.78, 5) is 29.0. The molecule has 0 radical (unpaired) electrons. The summed E-state index contributed by atoms with van der Waals surface area (Å²) in [6.07, 6.45) is 1.60. The zero-order valence-corrected chi connectivity index (χ0v) is 25.8. The van der Waals surface area contributed by atoms with Gasteiger partial charge in [-0.05, 0) is 68.1 Å². The van der Waals surface area contributed by atoms with Crippen molar-refractivity contribution in [1.29, 1.82) is 0 Å². The minimum atomic E-state index is -4.23. The molecular formula is C32H41N3O6S. The van der Waals surface area contributed by atoms with Crippen LogP contribution in [0.3, 0.4) is 0 Å². The van der Waals surface area contributed by atoms with Gasteiger partial charge in [-0.2, -0.15) is 0 Å². The first-order chi connectivity index (χ1) is 20.2. The Bertz CT molecular complexity index is 1410. The smallest absolute Gasteiger partial charge is 0.264 e. The fourth-order valence-electron chi connectivity index (χ4n) is 4.56. The predicted molar refractivity (Wildman–Crippen MR) is 164 cm³/mol. The van der Waals surface area contributed by atoms with Crippen LogP contribution in [-0.2, 0) is 26.0 Å². The monoisotopic (exact) mass is 595 g/mol. The number of methoxy groups -OCH3 is 2. The molecule has 3 aromatic carbocycles. The molecule has 3 rings (SSSR count). The molecule has 0 aliphatic carbocycles. The standard InChI is InChI=1S/C32H41N3O6S/c1-6-24(3)33-32(37)28(7-2)34(22-21-25-13-9-8-10-14-25)31(36)23-35(29-15-11-12-16-30(29)41-5)42(38,39)27-19-17-26(40-4)18-20-27/h8-20,24,28H,6-7,21-23H2,1-5H3,(H,33,37). The van der Waals surface area contributed by atoms with Crippen molar-refractivity contribution in [3.63, 3.8) is 0 Å². The lowest BCUT2D eigenvalue weighted by Crippen LogP contribution is -2.54. The number of rotatable bonds is 15. The highest BCUT2D eigenvalue weighted by Crippen LogP contribution is 2.33. The molecule has 3 aromatic rings. The zero-order chi connectivity index (χ0) is 30.7. The maximum Gasteiger partial charge on any atom is 0.264 e. The van der Waals surface area contributed by atoms with Gasteiger partial charge in [0.1, 0.15) is 24.1 Å². The van der Waals surface area contributed by atoms with Crippen LogP contribution in [0.15, 0.2) is 83.8 Å². The van der Waals surface area contributed by atoms with E-state index in [1.54, 1.807) is 36.4 Å². The van der Waals surface area contributed by atoms with Crippen LogP contribution >= 0.6 is 0 Å². The van der Waals surface area contributed by atoms with Gasteiger partial charge in [0.15, 0.2) is 0 Å². The first-order valence-electron chi connectivity index (χ1n) is 14.1. The summed E-state index contributed by atoms with van der Waals surface area (Å²) in [6.45, 7) is 5.43. The van der Waals surface area contributed by atoms with Gasteiger partial charge in [-0.1, -0.05) is 56.3 Å². The summed E-state index contributed by atoms with van der Waals surface area (Å²) in [5.41, 5.74) is 1.21. The van der Waals surface area contributed by atoms with E-state index in [1.807, 2.05) is 51.1 Å². The van der Waals surface area contributed by atoms with Crippen LogP contribution < -0.4 is 19.1 Å². The minimum Gasteiger partial charge on any atom is -0.497 e. The van der Waals surface area contributed by atoms with Crippen LogP contribution in [0.1, 0.15) is 39.2 Å². The number of nitrogens with one attached hydrogen (secondary N) is 1. The second-order valence-corrected chi connectivity index (χ2v) is 11.8. The number of carbonyl (C=O) groups is 2. The summed E-state index contributed by atoms with van der Waals surface area (Å²) in [5, 5.41) is 2.99. The van der Waals surface area contributed by atoms with Crippen LogP contribution in [0.2, 0.25) is 0 Å². The number of ether oxygens (including phenoxy) is 2. The number of hydrogen-bond acceptors (Lipinski definition) is 6. The number of benzene rings is 3. The van der Waals surface area contributed by atoms with E-state index in [-0.39, 0.29) is 29.1 Å². The topological polar surface area (TPSA) is 105 Å². The molecule has 0 spiro atoms. The summed E-state index contributed by atoms with van der Waals surface area (Å²) in [7, 11) is -1.30. The maximum atomic E-state index is 14.2. The number of hydrogen-bond donors (Lipinski definition) is 1. The van der Waals surface area contributed by atoms with Crippen molar-refractivity contribution in [2.75, 3.05) is 31.6 Å². The SMILES string of the molecule is CCC(C)NC(=O)C(CC)N(CCc1ccccc1)C(=O)CN(c1ccccc1OC)S(=O)(=O)c1ccc(OC)cc1. The lowest BCUT2D eigenvalue weighted by molar-refractivity contribution is -0.139. The van der Waals surface area contributed by atoms with Crippen molar-refractivity contribution in [3.05, 3.63) is 84.4 Å². The van der Waals surface area contributed by atoms with Crippen molar-refractivity contribution >= 4 is 27.5 Å². The molecule has 0 aromatic heterocycles. The number of amides is 2. The van der Waals surface area contributed by atoms with E-state index in [9.17, 15) is 18.0 Å². The van der Waals surface area contributed by atoms with Gasteiger partial charge in [0.05, 0.1) is 24.8 Å². The Morgan fingerprint density at radius 1 is 0.857 bits per heavy atom. The molecule has 9 nitrogen and oxygen atoms in total. The number of para-hydroxylation sites is 2. The van der Waals surface area contributed by atoms with E-state index in [2.05, 4.69) is 5.32 Å². The molecule has 1 N–H and O–H groups in total. The quantitative estimate of drug-likeness (QED) is 0.274. The van der Waals surface area contributed by atoms with Gasteiger partial charge in [-0.15, -0.1) is 0 Å². The Labute approximate surface area is 249 Å². The molecule has 0 fully saturated rings. The van der Waals surface area contributed by atoms with Crippen molar-refractivity contribution in [2.45, 2.75) is 57.0 Å². The van der Waals surface area contributed by atoms with E-state index in [4.69, 9.17) is 9.47 Å². The molecule has 0 bridgehead atoms. The second-order valence-electron chi connectivity index (χ2n) is 9.92. The maximum absolute atomic E-state index is 14.2. The normalized spacial score (nSPS) is 12.6. The molecule has 42 heavy (non-hydrogen) atoms. The summed E-state index contributed by atoms with van der Waals surface area (Å²) in [5.74, 6) is 0.0223. The molecule has 2 atom stereocenters. The van der Waals surface area contributed by atoms with Crippen molar-refractivity contribution in [1.82, 2.24) is 10.2 Å². The number of nitrogens with zero attached hydrogens (tertiary/aromatic N) is 2. The number of anilines is 1. The molecule has 226 valence electrons. The van der Waals surface area contributed by atoms with Gasteiger partial charge in [-0.25, -0.2) is 8.42 Å². The third-order valence-corrected chi connectivity index (χ3v) is 8.93. The van der Waals surface area contributed by atoms with E-state index >= 15 is 0 Å². The average molecular weight is 596 g/mol. The number of carbonyl (C=O) groups excluding carboxylic acids is 2. The van der Waals surface area contributed by atoms with Crippen molar-refractivity contribution < 1.29 is 27.5 Å². The van der Waals surface area contributed by atoms with Gasteiger partial charge >= 0.3 is 0 Å². The third-order valence-electron chi connectivity index (χ3n) is 7.15. The van der Waals surface area contributed by atoms with Gasteiger partial charge in [0.25, 0.3) is 10.0 Å². The summed E-state index contributed by atoms with van der Waals surface area (Å²) < 4.78 is 39.9. The molecule has 2 unspecified atom stereocenters. The largest absolute Gasteiger partial charge is 0.497 e. The Hall–Kier alpha value is -4.05. The molecule has 0 heterocycles. The van der Waals surface area contributed by atoms with Crippen molar-refractivity contribution in [2.24, 2.45) is 0 Å². The minimum absolute atomic E-state index is 0.0144. The first kappa shape index (κ1) is 32.5. The van der Waals surface area contributed by atoms with Crippen molar-refractivity contribution in [3.8, 4) is 11.5 Å². The fraction of sp³-hybridized carbons (Fsp3) is 0.375. The van der Waals surface area contributed by atoms with Gasteiger partial charge in [0.2, 0.25) is 11.8 Å². The summed E-state index contributed by atoms with van der Waals surface area (Å²) in [6, 6.07) is 21.4. The molecule has 0 aliphatic rings. The Morgan fingerprint density at radius 2 is 1.50 bits per heavy atom. The lowest BCUT2D eigenvalue weighted by atomic mass is 10.1. The Morgan fingerprint density at radius 3 is 2.10 bits per heavy atom. The highest BCUT2D eigenvalue weighted by atomic mass is 32.2. The van der Waals surface area contributed by atoms with Crippen LogP contribution in [-0.4, -0.2) is 64.5 Å². The van der Waals surface area contributed by atoms with E-state index < -0.39 is 28.5 Å². The van der Waals surface area contributed by atoms with Gasteiger partial charge in [0, 0.05) is 12.6 Å². The van der Waals surface area contributed by atoms with Crippen LogP contribution in [0, 0.1) is 0 Å². The van der Waals surface area contributed by atoms with Crippen LogP contribution in [0.5, 0.6) is 11.5 Å².